The molecule has 1 aliphatic rings. The summed E-state index contributed by atoms with van der Waals surface area (Å²) in [5, 5.41) is 13.0. The number of nitrogens with zero attached hydrogens (tertiary/aromatic N) is 2. The van der Waals surface area contributed by atoms with Gasteiger partial charge >= 0.3 is 0 Å². The molecular weight excluding hydrogens is 436 g/mol. The Bertz CT molecular complexity index is 1390. The second-order valence-electron chi connectivity index (χ2n) is 8.45. The van der Waals surface area contributed by atoms with Crippen LogP contribution in [0.3, 0.4) is 0 Å². The Labute approximate surface area is 196 Å². The van der Waals surface area contributed by atoms with Crippen LogP contribution in [0.2, 0.25) is 5.02 Å². The van der Waals surface area contributed by atoms with E-state index >= 15 is 0 Å². The molecule has 4 aromatic rings. The minimum Gasteiger partial charge on any atom is -0.375 e. The molecule has 5 rings (SSSR count). The van der Waals surface area contributed by atoms with E-state index in [1.807, 2.05) is 31.3 Å². The summed E-state index contributed by atoms with van der Waals surface area (Å²) in [6.45, 7) is 0.395. The number of fused-ring (bicyclic) bond motifs is 2. The zero-order chi connectivity index (χ0) is 23.2. The van der Waals surface area contributed by atoms with Crippen LogP contribution in [-0.2, 0) is 23.9 Å². The van der Waals surface area contributed by atoms with E-state index in [2.05, 4.69) is 22.9 Å². The van der Waals surface area contributed by atoms with Crippen molar-refractivity contribution in [2.75, 3.05) is 11.4 Å². The number of halogens is 1. The molecule has 2 heterocycles. The predicted octanol–water partition coefficient (Wildman–Crippen LogP) is 4.88. The van der Waals surface area contributed by atoms with Crippen molar-refractivity contribution in [3.63, 3.8) is 0 Å². The summed E-state index contributed by atoms with van der Waals surface area (Å²) in [4.78, 5) is 28.1. The molecule has 1 aliphatic heterocycles. The SMILES string of the molecule is Cn1cc(CCN2C(=O)[C@@](O)(CC(=O)c3ccccc3Cl)c3ccccc32)c2ccccc21. The molecule has 0 fully saturated rings. The van der Waals surface area contributed by atoms with Gasteiger partial charge in [0.05, 0.1) is 17.1 Å². The lowest BCUT2D eigenvalue weighted by molar-refractivity contribution is -0.135. The van der Waals surface area contributed by atoms with E-state index in [4.69, 9.17) is 11.6 Å². The first-order valence-electron chi connectivity index (χ1n) is 10.8. The fourth-order valence-corrected chi connectivity index (χ4v) is 5.01. The minimum atomic E-state index is -1.92. The van der Waals surface area contributed by atoms with Gasteiger partial charge in [-0.2, -0.15) is 0 Å². The van der Waals surface area contributed by atoms with Crippen LogP contribution < -0.4 is 4.90 Å². The number of ketones is 1. The molecule has 0 saturated heterocycles. The Balaban J connectivity index is 1.45. The van der Waals surface area contributed by atoms with Gasteiger partial charge < -0.3 is 14.6 Å². The lowest BCUT2D eigenvalue weighted by Crippen LogP contribution is -2.42. The average Bonchev–Trinajstić information content (AvgIpc) is 3.25. The number of aryl methyl sites for hydroxylation is 1. The van der Waals surface area contributed by atoms with Crippen LogP contribution >= 0.6 is 11.6 Å². The highest BCUT2D eigenvalue weighted by molar-refractivity contribution is 6.34. The Hall–Kier alpha value is -3.41. The van der Waals surface area contributed by atoms with E-state index in [0.717, 1.165) is 16.5 Å². The molecule has 0 aliphatic carbocycles. The fraction of sp³-hybridized carbons (Fsp3) is 0.185. The second kappa shape index (κ2) is 8.18. The molecule has 0 radical (unpaired) electrons. The number of carbonyl (C=O) groups excluding carboxylic acids is 2. The number of para-hydroxylation sites is 2. The minimum absolute atomic E-state index is 0.298. The molecule has 6 heteroatoms. The fourth-order valence-electron chi connectivity index (χ4n) is 4.77. The van der Waals surface area contributed by atoms with Gasteiger partial charge in [-0.1, -0.05) is 60.1 Å². The van der Waals surface area contributed by atoms with Crippen molar-refractivity contribution in [1.82, 2.24) is 4.57 Å². The first-order chi connectivity index (χ1) is 15.9. The summed E-state index contributed by atoms with van der Waals surface area (Å²) < 4.78 is 2.07. The van der Waals surface area contributed by atoms with Gasteiger partial charge in [0.2, 0.25) is 0 Å². The van der Waals surface area contributed by atoms with Crippen LogP contribution in [0, 0.1) is 0 Å². The number of hydrogen-bond acceptors (Lipinski definition) is 3. The molecule has 0 saturated carbocycles. The summed E-state index contributed by atoms with van der Waals surface area (Å²) in [5.74, 6) is -0.855. The van der Waals surface area contributed by atoms with Crippen LogP contribution in [0.25, 0.3) is 10.9 Å². The van der Waals surface area contributed by atoms with Gasteiger partial charge in [0.15, 0.2) is 11.4 Å². The number of carbonyl (C=O) groups is 2. The molecular formula is C27H23ClN2O3. The third-order valence-corrected chi connectivity index (χ3v) is 6.74. The molecule has 0 unspecified atom stereocenters. The van der Waals surface area contributed by atoms with E-state index in [1.165, 1.54) is 0 Å². The molecule has 0 bridgehead atoms. The van der Waals surface area contributed by atoms with Crippen molar-refractivity contribution >= 4 is 39.9 Å². The molecule has 5 nitrogen and oxygen atoms in total. The lowest BCUT2D eigenvalue weighted by atomic mass is 9.88. The van der Waals surface area contributed by atoms with E-state index in [0.29, 0.717) is 34.8 Å². The maximum Gasteiger partial charge on any atom is 0.264 e. The van der Waals surface area contributed by atoms with Gasteiger partial charge in [0.25, 0.3) is 5.91 Å². The number of hydrogen-bond donors (Lipinski definition) is 1. The van der Waals surface area contributed by atoms with Gasteiger partial charge in [-0.25, -0.2) is 0 Å². The smallest absolute Gasteiger partial charge is 0.264 e. The van der Waals surface area contributed by atoms with E-state index in [1.54, 1.807) is 41.3 Å². The molecule has 1 atom stereocenters. The maximum absolute atomic E-state index is 13.5. The topological polar surface area (TPSA) is 62.5 Å². The molecule has 1 aromatic heterocycles. The second-order valence-corrected chi connectivity index (χ2v) is 8.85. The van der Waals surface area contributed by atoms with Crippen LogP contribution in [0.4, 0.5) is 5.69 Å². The molecule has 1 N–H and O–H groups in total. The highest BCUT2D eigenvalue weighted by Gasteiger charge is 2.50. The number of aromatic nitrogens is 1. The predicted molar refractivity (Wildman–Crippen MR) is 130 cm³/mol. The normalized spacial score (nSPS) is 17.5. The van der Waals surface area contributed by atoms with E-state index in [-0.39, 0.29) is 12.2 Å². The molecule has 1 amide bonds. The first kappa shape index (κ1) is 21.4. The van der Waals surface area contributed by atoms with Gasteiger partial charge in [0, 0.05) is 41.8 Å². The summed E-state index contributed by atoms with van der Waals surface area (Å²) in [6, 6.07) is 21.9. The Morgan fingerprint density at radius 3 is 2.52 bits per heavy atom. The Kier molecular flexibility index (Phi) is 5.31. The highest BCUT2D eigenvalue weighted by Crippen LogP contribution is 2.43. The van der Waals surface area contributed by atoms with Crippen LogP contribution in [0.1, 0.15) is 27.9 Å². The third-order valence-electron chi connectivity index (χ3n) is 6.41. The summed E-state index contributed by atoms with van der Waals surface area (Å²) >= 11 is 6.18. The third kappa shape index (κ3) is 3.54. The van der Waals surface area contributed by atoms with Crippen LogP contribution in [0.5, 0.6) is 0 Å². The average molecular weight is 459 g/mol. The first-order valence-corrected chi connectivity index (χ1v) is 11.2. The van der Waals surface area contributed by atoms with Crippen molar-refractivity contribution in [3.05, 3.63) is 101 Å². The Morgan fingerprint density at radius 1 is 1.00 bits per heavy atom. The summed E-state index contributed by atoms with van der Waals surface area (Å²) in [7, 11) is 2.00. The van der Waals surface area contributed by atoms with Crippen molar-refractivity contribution in [2.45, 2.75) is 18.4 Å². The molecule has 0 spiro atoms. The number of amides is 1. The van der Waals surface area contributed by atoms with Gasteiger partial charge in [-0.05, 0) is 36.2 Å². The number of rotatable bonds is 6. The maximum atomic E-state index is 13.5. The van der Waals surface area contributed by atoms with Crippen LogP contribution in [0.15, 0.2) is 79.0 Å². The number of Topliss-reactive ketones (excluding diaryl/α,β-unsaturated/α-hetero) is 1. The summed E-state index contributed by atoms with van der Waals surface area (Å²) in [6.07, 6.45) is 2.33. The Morgan fingerprint density at radius 2 is 1.70 bits per heavy atom. The lowest BCUT2D eigenvalue weighted by Gasteiger charge is -2.23. The van der Waals surface area contributed by atoms with Crippen molar-refractivity contribution < 1.29 is 14.7 Å². The zero-order valence-corrected chi connectivity index (χ0v) is 18.9. The van der Waals surface area contributed by atoms with Gasteiger partial charge in [0.1, 0.15) is 0 Å². The van der Waals surface area contributed by atoms with Crippen molar-refractivity contribution in [1.29, 1.82) is 0 Å². The van der Waals surface area contributed by atoms with Crippen molar-refractivity contribution in [3.8, 4) is 0 Å². The molecule has 33 heavy (non-hydrogen) atoms. The zero-order valence-electron chi connectivity index (χ0n) is 18.2. The molecule has 166 valence electrons. The molecule has 3 aromatic carbocycles. The monoisotopic (exact) mass is 458 g/mol. The number of anilines is 1. The van der Waals surface area contributed by atoms with Crippen LogP contribution in [-0.4, -0.2) is 27.9 Å². The summed E-state index contributed by atoms with van der Waals surface area (Å²) in [5.41, 5.74) is 1.71. The van der Waals surface area contributed by atoms with Crippen molar-refractivity contribution in [2.24, 2.45) is 7.05 Å². The highest BCUT2D eigenvalue weighted by atomic mass is 35.5. The largest absolute Gasteiger partial charge is 0.375 e. The van der Waals surface area contributed by atoms with E-state index in [9.17, 15) is 14.7 Å². The van der Waals surface area contributed by atoms with E-state index < -0.39 is 11.5 Å². The number of aliphatic hydroxyl groups is 1. The number of benzene rings is 3. The van der Waals surface area contributed by atoms with Gasteiger partial charge in [-0.3, -0.25) is 9.59 Å². The quantitative estimate of drug-likeness (QED) is 0.419. The standard InChI is InChI=1S/C27H23ClN2O3/c1-29-17-18(19-8-3-6-12-23(19)29)14-15-30-24-13-7-4-10-21(24)27(33,26(30)32)16-25(31)20-9-2-5-11-22(20)28/h2-13,17,33H,14-16H2,1H3/t27-/m1/s1. The van der Waals surface area contributed by atoms with Gasteiger partial charge in [-0.15, -0.1) is 0 Å².